The highest BCUT2D eigenvalue weighted by Crippen LogP contribution is 2.44. The Hall–Kier alpha value is -3.19. The Morgan fingerprint density at radius 2 is 1.76 bits per heavy atom. The Morgan fingerprint density at radius 1 is 0.960 bits per heavy atom. The van der Waals surface area contributed by atoms with Crippen LogP contribution in [0.15, 0.2) is 45.6 Å². The van der Waals surface area contributed by atoms with Crippen LogP contribution in [0.2, 0.25) is 0 Å². The molecule has 2 aromatic carbocycles. The molecule has 0 amide bonds. The highest BCUT2D eigenvalue weighted by atomic mass is 16.5. The Labute approximate surface area is 141 Å². The van der Waals surface area contributed by atoms with Gasteiger partial charge in [-0.05, 0) is 23.8 Å². The summed E-state index contributed by atoms with van der Waals surface area (Å²) in [5, 5.41) is 40.2. The first-order chi connectivity index (χ1) is 11.9. The van der Waals surface area contributed by atoms with Crippen molar-refractivity contribution in [3.05, 3.63) is 57.9 Å². The second kappa shape index (κ2) is 5.42. The van der Waals surface area contributed by atoms with E-state index in [-0.39, 0.29) is 29.3 Å². The number of phenols is 3. The van der Waals surface area contributed by atoms with E-state index in [9.17, 15) is 25.2 Å². The van der Waals surface area contributed by atoms with Gasteiger partial charge in [0.15, 0.2) is 11.5 Å². The van der Waals surface area contributed by atoms with Crippen molar-refractivity contribution in [2.45, 2.75) is 18.6 Å². The summed E-state index contributed by atoms with van der Waals surface area (Å²) < 4.78 is 11.0. The molecular formula is C18H14O7. The van der Waals surface area contributed by atoms with Crippen LogP contribution in [0.25, 0.3) is 11.0 Å². The maximum atomic E-state index is 11.4. The number of rotatable bonds is 1. The molecule has 1 aliphatic rings. The molecule has 0 saturated heterocycles. The van der Waals surface area contributed by atoms with Crippen molar-refractivity contribution < 1.29 is 29.6 Å². The standard InChI is InChI=1S/C18H14O7/c19-11-3-1-8(5-13(11)21)17-14(22)6-10-12(20)7-15-9(18(10)25-17)2-4-16(23)24-15/h1-5,7,14,17,19-22H,6H2/t14-,17+/m0/s1. The van der Waals surface area contributed by atoms with E-state index in [0.717, 1.165) is 0 Å². The first-order valence-corrected chi connectivity index (χ1v) is 7.59. The molecular weight excluding hydrogens is 328 g/mol. The van der Waals surface area contributed by atoms with Gasteiger partial charge in [0.05, 0.1) is 11.5 Å². The third kappa shape index (κ3) is 2.45. The van der Waals surface area contributed by atoms with Gasteiger partial charge in [-0.3, -0.25) is 0 Å². The van der Waals surface area contributed by atoms with Gasteiger partial charge in [-0.2, -0.15) is 0 Å². The lowest BCUT2D eigenvalue weighted by molar-refractivity contribution is 0.0210. The summed E-state index contributed by atoms with van der Waals surface area (Å²) in [6.07, 6.45) is -1.69. The van der Waals surface area contributed by atoms with Crippen molar-refractivity contribution in [2.75, 3.05) is 0 Å². The second-order valence-corrected chi connectivity index (χ2v) is 5.93. The highest BCUT2D eigenvalue weighted by Gasteiger charge is 2.33. The maximum Gasteiger partial charge on any atom is 0.336 e. The molecule has 1 aliphatic heterocycles. The molecule has 0 bridgehead atoms. The van der Waals surface area contributed by atoms with Crippen LogP contribution in [0.1, 0.15) is 17.2 Å². The lowest BCUT2D eigenvalue weighted by Crippen LogP contribution is -2.30. The van der Waals surface area contributed by atoms with Crippen LogP contribution < -0.4 is 10.4 Å². The van der Waals surface area contributed by atoms with Gasteiger partial charge in [0.25, 0.3) is 0 Å². The molecule has 128 valence electrons. The monoisotopic (exact) mass is 342 g/mol. The Kier molecular flexibility index (Phi) is 3.33. The van der Waals surface area contributed by atoms with Crippen LogP contribution in [-0.2, 0) is 6.42 Å². The van der Waals surface area contributed by atoms with Gasteiger partial charge in [0.1, 0.15) is 23.2 Å². The molecule has 4 N–H and O–H groups in total. The number of phenolic OH excluding ortho intramolecular Hbond substituents is 3. The van der Waals surface area contributed by atoms with Gasteiger partial charge in [0, 0.05) is 24.1 Å². The fraction of sp³-hybridized carbons (Fsp3) is 0.167. The molecule has 7 nitrogen and oxygen atoms in total. The number of benzene rings is 2. The number of hydrogen-bond donors (Lipinski definition) is 4. The minimum Gasteiger partial charge on any atom is -0.507 e. The molecule has 7 heteroatoms. The normalized spacial score (nSPS) is 19.4. The summed E-state index contributed by atoms with van der Waals surface area (Å²) >= 11 is 0. The summed E-state index contributed by atoms with van der Waals surface area (Å²) in [6.45, 7) is 0. The topological polar surface area (TPSA) is 120 Å². The minimum atomic E-state index is -0.976. The summed E-state index contributed by atoms with van der Waals surface area (Å²) in [5.74, 6) is -0.435. The molecule has 25 heavy (non-hydrogen) atoms. The SMILES string of the molecule is O=c1ccc2c3c(c(O)cc2o1)C[C@H](O)[C@@H](c1ccc(O)c(O)c1)O3. The maximum absolute atomic E-state index is 11.4. The van der Waals surface area contributed by atoms with E-state index < -0.39 is 17.8 Å². The van der Waals surface area contributed by atoms with E-state index in [1.54, 1.807) is 0 Å². The van der Waals surface area contributed by atoms with E-state index >= 15 is 0 Å². The number of ether oxygens (including phenoxy) is 1. The predicted octanol–water partition coefficient (Wildman–Crippen LogP) is 1.95. The quantitative estimate of drug-likeness (QED) is 0.394. The molecule has 2 atom stereocenters. The third-order valence-electron chi connectivity index (χ3n) is 4.29. The minimum absolute atomic E-state index is 0.114. The van der Waals surface area contributed by atoms with Crippen LogP contribution in [0.3, 0.4) is 0 Å². The van der Waals surface area contributed by atoms with E-state index in [2.05, 4.69) is 0 Å². The fourth-order valence-corrected chi connectivity index (χ4v) is 3.08. The van der Waals surface area contributed by atoms with Crippen LogP contribution in [0.4, 0.5) is 0 Å². The molecule has 0 aliphatic carbocycles. The molecule has 4 rings (SSSR count). The molecule has 0 fully saturated rings. The van der Waals surface area contributed by atoms with Gasteiger partial charge >= 0.3 is 5.63 Å². The average molecular weight is 342 g/mol. The van der Waals surface area contributed by atoms with Crippen molar-refractivity contribution in [1.82, 2.24) is 0 Å². The lowest BCUT2D eigenvalue weighted by Gasteiger charge is -2.32. The molecule has 0 saturated carbocycles. The van der Waals surface area contributed by atoms with Crippen molar-refractivity contribution in [3.8, 4) is 23.0 Å². The van der Waals surface area contributed by atoms with Crippen LogP contribution in [-0.4, -0.2) is 26.5 Å². The number of fused-ring (bicyclic) bond motifs is 3. The van der Waals surface area contributed by atoms with E-state index in [4.69, 9.17) is 9.15 Å². The first kappa shape index (κ1) is 15.3. The second-order valence-electron chi connectivity index (χ2n) is 5.93. The molecule has 0 spiro atoms. The van der Waals surface area contributed by atoms with Crippen LogP contribution in [0, 0.1) is 0 Å². The number of hydrogen-bond acceptors (Lipinski definition) is 7. The number of aliphatic hydroxyl groups is 1. The van der Waals surface area contributed by atoms with Crippen molar-refractivity contribution in [2.24, 2.45) is 0 Å². The van der Waals surface area contributed by atoms with Crippen LogP contribution in [0.5, 0.6) is 23.0 Å². The zero-order valence-corrected chi connectivity index (χ0v) is 12.8. The van der Waals surface area contributed by atoms with E-state index in [0.29, 0.717) is 22.3 Å². The fourth-order valence-electron chi connectivity index (χ4n) is 3.08. The summed E-state index contributed by atoms with van der Waals surface area (Å²) in [5.41, 5.74) is 0.491. The first-order valence-electron chi connectivity index (χ1n) is 7.59. The average Bonchev–Trinajstić information content (AvgIpc) is 2.57. The predicted molar refractivity (Wildman–Crippen MR) is 87.0 cm³/mol. The van der Waals surface area contributed by atoms with Crippen molar-refractivity contribution in [1.29, 1.82) is 0 Å². The Balaban J connectivity index is 1.86. The lowest BCUT2D eigenvalue weighted by atomic mass is 9.93. The summed E-state index contributed by atoms with van der Waals surface area (Å²) in [4.78, 5) is 11.4. The van der Waals surface area contributed by atoms with E-state index in [1.165, 1.54) is 36.4 Å². The zero-order valence-electron chi connectivity index (χ0n) is 12.8. The van der Waals surface area contributed by atoms with E-state index in [1.807, 2.05) is 0 Å². The van der Waals surface area contributed by atoms with Crippen molar-refractivity contribution in [3.63, 3.8) is 0 Å². The third-order valence-corrected chi connectivity index (χ3v) is 4.29. The van der Waals surface area contributed by atoms with Gasteiger partial charge in [-0.15, -0.1) is 0 Å². The molecule has 2 heterocycles. The number of aliphatic hydroxyl groups excluding tert-OH is 1. The largest absolute Gasteiger partial charge is 0.507 e. The number of aromatic hydroxyl groups is 3. The zero-order chi connectivity index (χ0) is 17.7. The summed E-state index contributed by atoms with van der Waals surface area (Å²) in [6, 6.07) is 8.23. The summed E-state index contributed by atoms with van der Waals surface area (Å²) in [7, 11) is 0. The smallest absolute Gasteiger partial charge is 0.336 e. The van der Waals surface area contributed by atoms with Gasteiger partial charge < -0.3 is 29.6 Å². The van der Waals surface area contributed by atoms with Gasteiger partial charge in [-0.25, -0.2) is 4.79 Å². The molecule has 1 aromatic heterocycles. The highest BCUT2D eigenvalue weighted by molar-refractivity contribution is 5.87. The molecule has 0 radical (unpaired) electrons. The molecule has 0 unspecified atom stereocenters. The van der Waals surface area contributed by atoms with Gasteiger partial charge in [-0.1, -0.05) is 6.07 Å². The Morgan fingerprint density at radius 3 is 2.52 bits per heavy atom. The van der Waals surface area contributed by atoms with Gasteiger partial charge in [0.2, 0.25) is 0 Å². The molecule has 3 aromatic rings. The van der Waals surface area contributed by atoms with Crippen molar-refractivity contribution >= 4 is 11.0 Å². The van der Waals surface area contributed by atoms with Crippen LogP contribution >= 0.6 is 0 Å². The Bertz CT molecular complexity index is 1040.